The van der Waals surface area contributed by atoms with Gasteiger partial charge >= 0.3 is 0 Å². The predicted octanol–water partition coefficient (Wildman–Crippen LogP) is 1.89. The largest absolute Gasteiger partial charge is 0.370 e. The van der Waals surface area contributed by atoms with Crippen molar-refractivity contribution in [3.8, 4) is 0 Å². The average molecular weight is 371 g/mol. The Morgan fingerprint density at radius 2 is 2.19 bits per heavy atom. The van der Waals surface area contributed by atoms with Gasteiger partial charge in [0, 0.05) is 57.7 Å². The summed E-state index contributed by atoms with van der Waals surface area (Å²) < 4.78 is 7.75. The zero-order valence-electron chi connectivity index (χ0n) is 16.7. The minimum absolute atomic E-state index is 0.0235. The van der Waals surface area contributed by atoms with Crippen LogP contribution in [-0.2, 0) is 11.8 Å². The number of nitrogens with one attached hydrogen (secondary N) is 1. The molecule has 1 aromatic carbocycles. The van der Waals surface area contributed by atoms with Crippen LogP contribution >= 0.6 is 0 Å². The topological polar surface area (TPSA) is 57.9 Å². The van der Waals surface area contributed by atoms with Gasteiger partial charge < -0.3 is 19.9 Å². The lowest BCUT2D eigenvalue weighted by molar-refractivity contribution is -0.00803. The number of morpholine rings is 1. The van der Waals surface area contributed by atoms with Gasteiger partial charge in [0.15, 0.2) is 5.96 Å². The fourth-order valence-corrected chi connectivity index (χ4v) is 3.28. The standard InChI is InChI=1S/C20H30N6O/c1-16(25(4)18-8-6-5-7-9-18)12-22-20(21-2)26-10-11-27-19(15-26)17-13-23-24(3)14-17/h5-9,13-14,16,19H,10-12,15H2,1-4H3,(H,21,22). The molecular formula is C20H30N6O. The first kappa shape index (κ1) is 19.2. The maximum atomic E-state index is 5.94. The molecule has 7 nitrogen and oxygen atoms in total. The molecule has 1 saturated heterocycles. The highest BCUT2D eigenvalue weighted by molar-refractivity contribution is 5.80. The summed E-state index contributed by atoms with van der Waals surface area (Å²) >= 11 is 0. The van der Waals surface area contributed by atoms with Gasteiger partial charge in [-0.2, -0.15) is 5.10 Å². The van der Waals surface area contributed by atoms with E-state index in [4.69, 9.17) is 4.74 Å². The minimum Gasteiger partial charge on any atom is -0.370 e. The van der Waals surface area contributed by atoms with Crippen LogP contribution in [0.4, 0.5) is 5.69 Å². The van der Waals surface area contributed by atoms with Crippen molar-refractivity contribution in [2.75, 3.05) is 45.2 Å². The number of aromatic nitrogens is 2. The second-order valence-electron chi connectivity index (χ2n) is 6.98. The van der Waals surface area contributed by atoms with Crippen LogP contribution < -0.4 is 10.2 Å². The molecule has 146 valence electrons. The van der Waals surface area contributed by atoms with Crippen LogP contribution in [0.3, 0.4) is 0 Å². The summed E-state index contributed by atoms with van der Waals surface area (Å²) in [6.07, 6.45) is 3.91. The lowest BCUT2D eigenvalue weighted by Gasteiger charge is -2.36. The minimum atomic E-state index is 0.0235. The number of ether oxygens (including phenoxy) is 1. The van der Waals surface area contributed by atoms with Crippen molar-refractivity contribution in [1.29, 1.82) is 0 Å². The number of aliphatic imine (C=N–C) groups is 1. The number of rotatable bonds is 5. The number of anilines is 1. The van der Waals surface area contributed by atoms with Crippen LogP contribution in [0.15, 0.2) is 47.7 Å². The van der Waals surface area contributed by atoms with Crippen molar-refractivity contribution in [2.24, 2.45) is 12.0 Å². The Morgan fingerprint density at radius 1 is 1.41 bits per heavy atom. The molecule has 27 heavy (non-hydrogen) atoms. The SMILES string of the molecule is CN=C(NCC(C)N(C)c1ccccc1)N1CCOC(c2cnn(C)c2)C1. The van der Waals surface area contributed by atoms with E-state index in [0.29, 0.717) is 12.6 Å². The molecule has 0 spiro atoms. The van der Waals surface area contributed by atoms with Gasteiger partial charge in [0.2, 0.25) is 0 Å². The molecule has 7 heteroatoms. The van der Waals surface area contributed by atoms with Crippen molar-refractivity contribution in [3.63, 3.8) is 0 Å². The first-order chi connectivity index (χ1) is 13.1. The molecule has 0 saturated carbocycles. The number of hydrogen-bond donors (Lipinski definition) is 1. The second kappa shape index (κ2) is 8.90. The third-order valence-corrected chi connectivity index (χ3v) is 5.05. The number of benzene rings is 1. The number of likely N-dealkylation sites (N-methyl/N-ethyl adjacent to an activating group) is 1. The first-order valence-corrected chi connectivity index (χ1v) is 9.42. The van der Waals surface area contributed by atoms with Crippen molar-refractivity contribution >= 4 is 11.6 Å². The third-order valence-electron chi connectivity index (χ3n) is 5.05. The smallest absolute Gasteiger partial charge is 0.193 e. The molecule has 1 N–H and O–H groups in total. The molecule has 2 heterocycles. The Bertz CT molecular complexity index is 744. The Kier molecular flexibility index (Phi) is 6.34. The maximum absolute atomic E-state index is 5.94. The summed E-state index contributed by atoms with van der Waals surface area (Å²) in [5.74, 6) is 0.917. The summed E-state index contributed by atoms with van der Waals surface area (Å²) in [6, 6.07) is 10.8. The molecule has 0 amide bonds. The van der Waals surface area contributed by atoms with Gasteiger partial charge in [-0.1, -0.05) is 18.2 Å². The predicted molar refractivity (Wildman–Crippen MR) is 109 cm³/mol. The molecular weight excluding hydrogens is 340 g/mol. The number of aryl methyl sites for hydroxylation is 1. The number of para-hydroxylation sites is 1. The van der Waals surface area contributed by atoms with E-state index in [1.807, 2.05) is 37.2 Å². The van der Waals surface area contributed by atoms with E-state index in [-0.39, 0.29) is 6.10 Å². The van der Waals surface area contributed by atoms with E-state index < -0.39 is 0 Å². The number of nitrogens with zero attached hydrogens (tertiary/aromatic N) is 5. The van der Waals surface area contributed by atoms with Crippen LogP contribution in [0.25, 0.3) is 0 Å². The lowest BCUT2D eigenvalue weighted by atomic mass is 10.1. The molecule has 1 aliphatic heterocycles. The Balaban J connectivity index is 1.57. The van der Waals surface area contributed by atoms with Crippen molar-refractivity contribution in [2.45, 2.75) is 19.1 Å². The average Bonchev–Trinajstić information content (AvgIpc) is 3.15. The number of guanidine groups is 1. The molecule has 2 atom stereocenters. The highest BCUT2D eigenvalue weighted by Gasteiger charge is 2.25. The summed E-state index contributed by atoms with van der Waals surface area (Å²) in [5, 5.41) is 7.78. The highest BCUT2D eigenvalue weighted by Crippen LogP contribution is 2.21. The van der Waals surface area contributed by atoms with Gasteiger partial charge in [0.1, 0.15) is 6.10 Å². The van der Waals surface area contributed by atoms with E-state index >= 15 is 0 Å². The Morgan fingerprint density at radius 3 is 2.85 bits per heavy atom. The van der Waals surface area contributed by atoms with Gasteiger partial charge in [-0.3, -0.25) is 9.67 Å². The molecule has 1 aromatic heterocycles. The Labute approximate surface area is 161 Å². The maximum Gasteiger partial charge on any atom is 0.193 e. The normalized spacial score (nSPS) is 19.0. The van der Waals surface area contributed by atoms with Crippen molar-refractivity contribution < 1.29 is 4.74 Å². The quantitative estimate of drug-likeness (QED) is 0.643. The van der Waals surface area contributed by atoms with Gasteiger partial charge in [-0.05, 0) is 19.1 Å². The molecule has 0 radical (unpaired) electrons. The molecule has 3 rings (SSSR count). The highest BCUT2D eigenvalue weighted by atomic mass is 16.5. The Hall–Kier alpha value is -2.54. The van der Waals surface area contributed by atoms with Gasteiger partial charge in [0.25, 0.3) is 0 Å². The molecule has 0 bridgehead atoms. The van der Waals surface area contributed by atoms with Gasteiger partial charge in [0.05, 0.1) is 19.3 Å². The molecule has 0 aliphatic carbocycles. The summed E-state index contributed by atoms with van der Waals surface area (Å²) in [4.78, 5) is 9.02. The zero-order valence-corrected chi connectivity index (χ0v) is 16.7. The van der Waals surface area contributed by atoms with Crippen LogP contribution in [0.1, 0.15) is 18.6 Å². The van der Waals surface area contributed by atoms with Crippen molar-refractivity contribution in [3.05, 3.63) is 48.3 Å². The van der Waals surface area contributed by atoms with E-state index in [2.05, 4.69) is 63.4 Å². The third kappa shape index (κ3) is 4.80. The molecule has 2 aromatic rings. The van der Waals surface area contributed by atoms with Crippen LogP contribution in [0, 0.1) is 0 Å². The summed E-state index contributed by atoms with van der Waals surface area (Å²) in [5.41, 5.74) is 2.32. The molecule has 1 fully saturated rings. The fraction of sp³-hybridized carbons (Fsp3) is 0.500. The molecule has 1 aliphatic rings. The van der Waals surface area contributed by atoms with Crippen LogP contribution in [0.2, 0.25) is 0 Å². The van der Waals surface area contributed by atoms with E-state index in [1.165, 1.54) is 5.69 Å². The van der Waals surface area contributed by atoms with E-state index in [1.54, 1.807) is 0 Å². The van der Waals surface area contributed by atoms with E-state index in [9.17, 15) is 0 Å². The second-order valence-corrected chi connectivity index (χ2v) is 6.98. The van der Waals surface area contributed by atoms with Gasteiger partial charge in [-0.15, -0.1) is 0 Å². The summed E-state index contributed by atoms with van der Waals surface area (Å²) in [7, 11) is 5.88. The van der Waals surface area contributed by atoms with E-state index in [0.717, 1.165) is 31.2 Å². The monoisotopic (exact) mass is 370 g/mol. The van der Waals surface area contributed by atoms with Crippen LogP contribution in [0.5, 0.6) is 0 Å². The summed E-state index contributed by atoms with van der Waals surface area (Å²) in [6.45, 7) is 5.31. The lowest BCUT2D eigenvalue weighted by Crippen LogP contribution is -2.50. The fourth-order valence-electron chi connectivity index (χ4n) is 3.28. The van der Waals surface area contributed by atoms with Gasteiger partial charge in [-0.25, -0.2) is 0 Å². The van der Waals surface area contributed by atoms with Crippen LogP contribution in [-0.4, -0.2) is 67.0 Å². The first-order valence-electron chi connectivity index (χ1n) is 9.42. The molecule has 2 unspecified atom stereocenters. The zero-order chi connectivity index (χ0) is 19.2. The number of hydrogen-bond acceptors (Lipinski definition) is 4. The van der Waals surface area contributed by atoms with Crippen molar-refractivity contribution in [1.82, 2.24) is 20.0 Å².